The highest BCUT2D eigenvalue weighted by molar-refractivity contribution is 5.88. The van der Waals surface area contributed by atoms with Crippen molar-refractivity contribution in [2.24, 2.45) is 0 Å². The first-order valence-electron chi connectivity index (χ1n) is 8.03. The number of carbonyl (C=O) groups is 1. The van der Waals surface area contributed by atoms with Crippen LogP contribution >= 0.6 is 0 Å². The summed E-state index contributed by atoms with van der Waals surface area (Å²) in [6, 6.07) is 9.87. The first-order valence-corrected chi connectivity index (χ1v) is 8.03. The Morgan fingerprint density at radius 3 is 2.42 bits per heavy atom. The predicted molar refractivity (Wildman–Crippen MR) is 91.8 cm³/mol. The fourth-order valence-electron chi connectivity index (χ4n) is 2.29. The number of rotatable bonds is 8. The lowest BCUT2D eigenvalue weighted by atomic mass is 10.2. The molecule has 1 aromatic carbocycles. The molecule has 1 aromatic heterocycles. The molecule has 0 atom stereocenters. The van der Waals surface area contributed by atoms with Crippen molar-refractivity contribution in [3.8, 4) is 5.75 Å². The van der Waals surface area contributed by atoms with Gasteiger partial charge in [0.05, 0.1) is 11.4 Å². The highest BCUT2D eigenvalue weighted by Crippen LogP contribution is 2.22. The Kier molecular flexibility index (Phi) is 6.69. The number of anilines is 1. The number of unbranched alkanes of at least 4 members (excludes halogenated alkanes) is 1. The van der Waals surface area contributed by atoms with Crippen molar-refractivity contribution in [2.75, 3.05) is 11.9 Å². The quantitative estimate of drug-likeness (QED) is 0.728. The summed E-state index contributed by atoms with van der Waals surface area (Å²) in [5, 5.41) is 11.4. The van der Waals surface area contributed by atoms with Crippen LogP contribution in [0.4, 0.5) is 5.95 Å². The van der Waals surface area contributed by atoms with Crippen LogP contribution in [0.15, 0.2) is 30.3 Å². The van der Waals surface area contributed by atoms with Gasteiger partial charge in [0.2, 0.25) is 11.9 Å². The summed E-state index contributed by atoms with van der Waals surface area (Å²) in [6.45, 7) is 4.20. The van der Waals surface area contributed by atoms with Gasteiger partial charge in [-0.05, 0) is 32.3 Å². The molecular formula is C18H23N3O3. The molecular weight excluding hydrogens is 306 g/mol. The van der Waals surface area contributed by atoms with Gasteiger partial charge in [0.1, 0.15) is 6.61 Å². The smallest absolute Gasteiger partial charge is 0.230 e. The molecule has 0 saturated carbocycles. The van der Waals surface area contributed by atoms with E-state index in [1.807, 2.05) is 44.2 Å². The minimum atomic E-state index is -0.153. The van der Waals surface area contributed by atoms with E-state index in [1.165, 1.54) is 0 Å². The second-order valence-electron chi connectivity index (χ2n) is 5.55. The van der Waals surface area contributed by atoms with E-state index in [2.05, 4.69) is 15.3 Å². The van der Waals surface area contributed by atoms with Gasteiger partial charge >= 0.3 is 0 Å². The lowest BCUT2D eigenvalue weighted by molar-refractivity contribution is -0.116. The largest absolute Gasteiger partial charge is 0.485 e. The standard InChI is InChI=1S/C18H23N3O3/c1-13-17(24-12-15-8-4-3-5-9-15)14(2)20-18(19-13)21-16(23)10-6-7-11-22/h3-5,8-9,22H,6-7,10-12H2,1-2H3,(H,19,20,21,23). The number of hydrogen-bond acceptors (Lipinski definition) is 5. The monoisotopic (exact) mass is 329 g/mol. The fourth-order valence-corrected chi connectivity index (χ4v) is 2.29. The Balaban J connectivity index is 1.98. The average molecular weight is 329 g/mol. The summed E-state index contributed by atoms with van der Waals surface area (Å²) in [5.74, 6) is 0.767. The van der Waals surface area contributed by atoms with Gasteiger partial charge in [0.15, 0.2) is 5.75 Å². The van der Waals surface area contributed by atoms with Crippen LogP contribution in [-0.2, 0) is 11.4 Å². The van der Waals surface area contributed by atoms with Crippen LogP contribution in [-0.4, -0.2) is 27.6 Å². The number of ether oxygens (including phenoxy) is 1. The zero-order valence-electron chi connectivity index (χ0n) is 14.1. The third-order valence-electron chi connectivity index (χ3n) is 3.49. The number of aliphatic hydroxyl groups excluding tert-OH is 1. The topological polar surface area (TPSA) is 84.3 Å². The molecule has 0 aliphatic rings. The van der Waals surface area contributed by atoms with Crippen molar-refractivity contribution in [1.29, 1.82) is 0 Å². The van der Waals surface area contributed by atoms with Gasteiger partial charge in [-0.2, -0.15) is 0 Å². The van der Waals surface area contributed by atoms with Gasteiger partial charge in [0.25, 0.3) is 0 Å². The highest BCUT2D eigenvalue weighted by Gasteiger charge is 2.12. The third-order valence-corrected chi connectivity index (χ3v) is 3.49. The zero-order valence-corrected chi connectivity index (χ0v) is 14.1. The first kappa shape index (κ1) is 17.9. The second-order valence-corrected chi connectivity index (χ2v) is 5.55. The Morgan fingerprint density at radius 1 is 1.12 bits per heavy atom. The summed E-state index contributed by atoms with van der Waals surface area (Å²) in [6.07, 6.45) is 1.59. The van der Waals surface area contributed by atoms with E-state index in [4.69, 9.17) is 9.84 Å². The number of aryl methyl sites for hydroxylation is 2. The number of carbonyl (C=O) groups excluding carboxylic acids is 1. The van der Waals surface area contributed by atoms with Gasteiger partial charge in [0, 0.05) is 13.0 Å². The van der Waals surface area contributed by atoms with Crippen LogP contribution in [0.25, 0.3) is 0 Å². The van der Waals surface area contributed by atoms with Crippen LogP contribution in [0.1, 0.15) is 36.2 Å². The molecule has 2 aromatic rings. The van der Waals surface area contributed by atoms with E-state index in [-0.39, 0.29) is 18.5 Å². The van der Waals surface area contributed by atoms with E-state index < -0.39 is 0 Å². The maximum absolute atomic E-state index is 11.8. The molecule has 0 aliphatic carbocycles. The molecule has 1 heterocycles. The van der Waals surface area contributed by atoms with Crippen LogP contribution in [0.2, 0.25) is 0 Å². The number of hydrogen-bond donors (Lipinski definition) is 2. The number of aliphatic hydroxyl groups is 1. The molecule has 128 valence electrons. The predicted octanol–water partition coefficient (Wildman–Crippen LogP) is 2.77. The van der Waals surface area contributed by atoms with E-state index >= 15 is 0 Å². The number of amides is 1. The van der Waals surface area contributed by atoms with Crippen LogP contribution < -0.4 is 10.1 Å². The molecule has 0 bridgehead atoms. The molecule has 24 heavy (non-hydrogen) atoms. The van der Waals surface area contributed by atoms with E-state index in [9.17, 15) is 4.79 Å². The summed E-state index contributed by atoms with van der Waals surface area (Å²) in [5.41, 5.74) is 2.44. The molecule has 0 fully saturated rings. The summed E-state index contributed by atoms with van der Waals surface area (Å²) < 4.78 is 5.83. The zero-order chi connectivity index (χ0) is 17.4. The molecule has 0 unspecified atom stereocenters. The van der Waals surface area contributed by atoms with Crippen molar-refractivity contribution in [1.82, 2.24) is 9.97 Å². The van der Waals surface area contributed by atoms with Crippen molar-refractivity contribution >= 4 is 11.9 Å². The molecule has 2 N–H and O–H groups in total. The summed E-state index contributed by atoms with van der Waals surface area (Å²) in [4.78, 5) is 20.4. The van der Waals surface area contributed by atoms with E-state index in [1.54, 1.807) is 0 Å². The van der Waals surface area contributed by atoms with Crippen molar-refractivity contribution in [3.05, 3.63) is 47.3 Å². The van der Waals surface area contributed by atoms with Crippen LogP contribution in [0.5, 0.6) is 5.75 Å². The third kappa shape index (κ3) is 5.31. The Morgan fingerprint density at radius 2 is 1.79 bits per heavy atom. The molecule has 0 saturated heterocycles. The minimum Gasteiger partial charge on any atom is -0.485 e. The van der Waals surface area contributed by atoms with Gasteiger partial charge in [-0.25, -0.2) is 9.97 Å². The van der Waals surface area contributed by atoms with Crippen LogP contribution in [0, 0.1) is 13.8 Å². The molecule has 1 amide bonds. The maximum Gasteiger partial charge on any atom is 0.230 e. The SMILES string of the molecule is Cc1nc(NC(=O)CCCCO)nc(C)c1OCc1ccccc1. The Labute approximate surface area is 141 Å². The van der Waals surface area contributed by atoms with Crippen molar-refractivity contribution in [3.63, 3.8) is 0 Å². The van der Waals surface area contributed by atoms with Gasteiger partial charge in [-0.1, -0.05) is 30.3 Å². The lowest BCUT2D eigenvalue weighted by Gasteiger charge is -2.13. The molecule has 2 rings (SSSR count). The average Bonchev–Trinajstić information content (AvgIpc) is 2.55. The molecule has 0 radical (unpaired) electrons. The van der Waals surface area contributed by atoms with E-state index in [0.29, 0.717) is 43.0 Å². The van der Waals surface area contributed by atoms with Gasteiger partial charge in [-0.15, -0.1) is 0 Å². The lowest BCUT2D eigenvalue weighted by Crippen LogP contribution is -2.15. The number of benzene rings is 1. The van der Waals surface area contributed by atoms with Crippen molar-refractivity contribution < 1.29 is 14.6 Å². The number of nitrogens with one attached hydrogen (secondary N) is 1. The van der Waals surface area contributed by atoms with Crippen molar-refractivity contribution in [2.45, 2.75) is 39.7 Å². The number of aromatic nitrogens is 2. The maximum atomic E-state index is 11.8. The molecule has 0 spiro atoms. The number of nitrogens with zero attached hydrogens (tertiary/aromatic N) is 2. The Bertz CT molecular complexity index is 651. The molecule has 6 nitrogen and oxygen atoms in total. The second kappa shape index (κ2) is 8.98. The minimum absolute atomic E-state index is 0.0927. The highest BCUT2D eigenvalue weighted by atomic mass is 16.5. The fraction of sp³-hybridized carbons (Fsp3) is 0.389. The summed E-state index contributed by atoms with van der Waals surface area (Å²) >= 11 is 0. The van der Waals surface area contributed by atoms with E-state index in [0.717, 1.165) is 5.56 Å². The molecule has 0 aliphatic heterocycles. The first-order chi connectivity index (χ1) is 11.6. The molecule has 6 heteroatoms. The van der Waals surface area contributed by atoms with Gasteiger partial charge in [-0.3, -0.25) is 10.1 Å². The Hall–Kier alpha value is -2.47. The normalized spacial score (nSPS) is 10.5. The summed E-state index contributed by atoms with van der Waals surface area (Å²) in [7, 11) is 0. The van der Waals surface area contributed by atoms with Gasteiger partial charge < -0.3 is 9.84 Å². The van der Waals surface area contributed by atoms with Crippen LogP contribution in [0.3, 0.4) is 0 Å².